The molecular weight excluding hydrogens is 485 g/mol. The van der Waals surface area contributed by atoms with E-state index in [4.69, 9.17) is 16.3 Å². The molecule has 12 heteroatoms. The normalized spacial score (nSPS) is 16.4. The van der Waals surface area contributed by atoms with Gasteiger partial charge in [0.1, 0.15) is 29.1 Å². The summed E-state index contributed by atoms with van der Waals surface area (Å²) in [6.07, 6.45) is 1.72. The number of fused-ring (bicyclic) bond motifs is 1. The van der Waals surface area contributed by atoms with Gasteiger partial charge in [0, 0.05) is 41.5 Å². The second-order valence-electron chi connectivity index (χ2n) is 8.25. The molecule has 4 aromatic rings. The van der Waals surface area contributed by atoms with Crippen molar-refractivity contribution in [1.29, 1.82) is 0 Å². The molecule has 0 bridgehead atoms. The van der Waals surface area contributed by atoms with Gasteiger partial charge in [0.2, 0.25) is 0 Å². The zero-order chi connectivity index (χ0) is 24.9. The number of halogens is 4. The highest BCUT2D eigenvalue weighted by Crippen LogP contribution is 2.31. The quantitative estimate of drug-likeness (QED) is 0.416. The lowest BCUT2D eigenvalue weighted by atomic mass is 10.1. The number of hydrogen-bond acceptors (Lipinski definition) is 6. The van der Waals surface area contributed by atoms with Crippen LogP contribution in [0, 0.1) is 12.7 Å². The first-order valence-electron chi connectivity index (χ1n) is 10.8. The molecule has 0 unspecified atom stereocenters. The molecule has 0 aliphatic carbocycles. The number of rotatable bonds is 4. The van der Waals surface area contributed by atoms with Crippen molar-refractivity contribution in [3.63, 3.8) is 0 Å². The highest BCUT2D eigenvalue weighted by molar-refractivity contribution is 6.30. The molecule has 3 aromatic heterocycles. The predicted molar refractivity (Wildman–Crippen MR) is 123 cm³/mol. The van der Waals surface area contributed by atoms with Gasteiger partial charge >= 0.3 is 0 Å². The van der Waals surface area contributed by atoms with E-state index < -0.39 is 23.5 Å². The van der Waals surface area contributed by atoms with Crippen molar-refractivity contribution in [1.82, 2.24) is 24.1 Å². The number of aromatic nitrogens is 5. The van der Waals surface area contributed by atoms with Crippen LogP contribution in [0.25, 0.3) is 16.9 Å². The second kappa shape index (κ2) is 8.97. The number of aryl methyl sites for hydroxylation is 1. The van der Waals surface area contributed by atoms with Crippen molar-refractivity contribution in [3.8, 4) is 11.3 Å². The van der Waals surface area contributed by atoms with Crippen molar-refractivity contribution >= 4 is 23.1 Å². The fourth-order valence-corrected chi connectivity index (χ4v) is 4.29. The Balaban J connectivity index is 1.70. The van der Waals surface area contributed by atoms with E-state index in [9.17, 15) is 18.0 Å². The summed E-state index contributed by atoms with van der Waals surface area (Å²) in [5, 5.41) is 4.34. The van der Waals surface area contributed by atoms with Crippen molar-refractivity contribution in [2.75, 3.05) is 24.6 Å². The molecule has 1 fully saturated rings. The van der Waals surface area contributed by atoms with Gasteiger partial charge in [-0.05, 0) is 25.1 Å². The molecule has 1 atom stereocenters. The summed E-state index contributed by atoms with van der Waals surface area (Å²) in [7, 11) is 1.80. The van der Waals surface area contributed by atoms with Crippen LogP contribution in [0.3, 0.4) is 0 Å². The fraction of sp³-hybridized carbons (Fsp3) is 0.304. The van der Waals surface area contributed by atoms with Gasteiger partial charge in [0.05, 0.1) is 25.5 Å². The number of benzene rings is 1. The van der Waals surface area contributed by atoms with Crippen molar-refractivity contribution < 1.29 is 17.9 Å². The van der Waals surface area contributed by atoms with Crippen LogP contribution in [-0.4, -0.2) is 43.8 Å². The Kier molecular flexibility index (Phi) is 5.97. The number of anilines is 1. The van der Waals surface area contributed by atoms with Crippen LogP contribution in [0.4, 0.5) is 19.0 Å². The standard InChI is InChI=1S/C23H20ClF3N6O2/c1-12-19(21(26)27)30-22-20(15-4-3-14(24)7-16(15)25)29-18(11-33(22)23(12)34)32-5-6-35-17(10-32)13-8-28-31(2)9-13/h3-4,7-9,11,17,21H,5-6,10H2,1-2H3/t17-/m1/s1. The zero-order valence-corrected chi connectivity index (χ0v) is 19.5. The molecule has 1 aromatic carbocycles. The highest BCUT2D eigenvalue weighted by Gasteiger charge is 2.27. The predicted octanol–water partition coefficient (Wildman–Crippen LogP) is 4.11. The van der Waals surface area contributed by atoms with Crippen molar-refractivity contribution in [2.24, 2.45) is 7.05 Å². The Hall–Kier alpha value is -3.44. The lowest BCUT2D eigenvalue weighted by Crippen LogP contribution is -2.39. The molecule has 0 N–H and O–H groups in total. The molecule has 35 heavy (non-hydrogen) atoms. The average Bonchev–Trinajstić information content (AvgIpc) is 3.27. The van der Waals surface area contributed by atoms with Crippen LogP contribution < -0.4 is 10.5 Å². The van der Waals surface area contributed by atoms with E-state index in [2.05, 4.69) is 15.1 Å². The zero-order valence-electron chi connectivity index (χ0n) is 18.8. The number of ether oxygens (including phenoxy) is 1. The van der Waals surface area contributed by atoms with Crippen LogP contribution in [-0.2, 0) is 11.8 Å². The maximum Gasteiger partial charge on any atom is 0.280 e. The minimum Gasteiger partial charge on any atom is -0.370 e. The number of alkyl halides is 2. The molecule has 1 aliphatic rings. The lowest BCUT2D eigenvalue weighted by molar-refractivity contribution is 0.0394. The van der Waals surface area contributed by atoms with Crippen molar-refractivity contribution in [3.05, 3.63) is 74.8 Å². The Morgan fingerprint density at radius 1 is 1.23 bits per heavy atom. The van der Waals surface area contributed by atoms with Gasteiger partial charge in [-0.25, -0.2) is 23.1 Å². The molecule has 1 aliphatic heterocycles. The minimum absolute atomic E-state index is 0.0122. The third-order valence-corrected chi connectivity index (χ3v) is 6.18. The summed E-state index contributed by atoms with van der Waals surface area (Å²) in [4.78, 5) is 23.6. The Morgan fingerprint density at radius 2 is 2.03 bits per heavy atom. The van der Waals surface area contributed by atoms with E-state index in [1.807, 2.05) is 11.1 Å². The van der Waals surface area contributed by atoms with E-state index in [-0.39, 0.29) is 33.6 Å². The molecule has 0 saturated carbocycles. The molecular formula is C23H20ClF3N6O2. The minimum atomic E-state index is -2.98. The summed E-state index contributed by atoms with van der Waals surface area (Å²) in [6.45, 7) is 2.51. The van der Waals surface area contributed by atoms with Gasteiger partial charge in [0.15, 0.2) is 5.65 Å². The lowest BCUT2D eigenvalue weighted by Gasteiger charge is -2.33. The monoisotopic (exact) mass is 504 g/mol. The maximum atomic E-state index is 14.9. The SMILES string of the molecule is Cc1c(C(F)F)nc2c(-c3ccc(Cl)cc3F)nc(N3CCO[C@@H](c4cnn(C)c4)C3)cn2c1=O. The number of hydrogen-bond donors (Lipinski definition) is 0. The molecule has 0 spiro atoms. The molecule has 0 radical (unpaired) electrons. The topological polar surface area (TPSA) is 77.6 Å². The van der Waals surface area contributed by atoms with Crippen molar-refractivity contribution in [2.45, 2.75) is 19.5 Å². The number of morpholine rings is 1. The highest BCUT2D eigenvalue weighted by atomic mass is 35.5. The maximum absolute atomic E-state index is 14.9. The summed E-state index contributed by atoms with van der Waals surface area (Å²) < 4.78 is 50.9. The smallest absolute Gasteiger partial charge is 0.280 e. The van der Waals surface area contributed by atoms with Gasteiger partial charge in [-0.3, -0.25) is 13.9 Å². The van der Waals surface area contributed by atoms with Gasteiger partial charge in [-0.15, -0.1) is 0 Å². The Morgan fingerprint density at radius 3 is 2.71 bits per heavy atom. The molecule has 1 saturated heterocycles. The average molecular weight is 505 g/mol. The fourth-order valence-electron chi connectivity index (χ4n) is 4.13. The Labute approximate surface area is 202 Å². The van der Waals surface area contributed by atoms with E-state index in [1.165, 1.54) is 25.3 Å². The van der Waals surface area contributed by atoms with Gasteiger partial charge in [-0.1, -0.05) is 11.6 Å². The number of nitrogens with zero attached hydrogens (tertiary/aromatic N) is 6. The van der Waals surface area contributed by atoms with E-state index in [0.717, 1.165) is 16.0 Å². The first kappa shape index (κ1) is 23.3. The summed E-state index contributed by atoms with van der Waals surface area (Å²) in [6, 6.07) is 3.93. The van der Waals surface area contributed by atoms with Gasteiger partial charge in [-0.2, -0.15) is 5.10 Å². The van der Waals surface area contributed by atoms with Crippen LogP contribution in [0.15, 0.2) is 41.6 Å². The second-order valence-corrected chi connectivity index (χ2v) is 8.68. The third kappa shape index (κ3) is 4.25. The van der Waals surface area contributed by atoms with E-state index in [0.29, 0.717) is 25.5 Å². The van der Waals surface area contributed by atoms with Crippen LogP contribution in [0.1, 0.15) is 29.4 Å². The molecule has 8 nitrogen and oxygen atoms in total. The van der Waals surface area contributed by atoms with Crippen LogP contribution in [0.2, 0.25) is 5.02 Å². The molecule has 182 valence electrons. The Bertz CT molecular complexity index is 1490. The van der Waals surface area contributed by atoms with Crippen LogP contribution >= 0.6 is 11.6 Å². The van der Waals surface area contributed by atoms with Gasteiger partial charge in [0.25, 0.3) is 12.0 Å². The molecule has 5 rings (SSSR count). The van der Waals surface area contributed by atoms with E-state index >= 15 is 0 Å². The van der Waals surface area contributed by atoms with Crippen LogP contribution in [0.5, 0.6) is 0 Å². The third-order valence-electron chi connectivity index (χ3n) is 5.94. The molecule has 4 heterocycles. The largest absolute Gasteiger partial charge is 0.370 e. The van der Waals surface area contributed by atoms with Gasteiger partial charge < -0.3 is 9.64 Å². The van der Waals surface area contributed by atoms with E-state index in [1.54, 1.807) is 17.9 Å². The summed E-state index contributed by atoms with van der Waals surface area (Å²) >= 11 is 5.91. The first-order chi connectivity index (χ1) is 16.7. The first-order valence-corrected chi connectivity index (χ1v) is 11.1. The summed E-state index contributed by atoms with van der Waals surface area (Å²) in [5.74, 6) is -0.361. The molecule has 0 amide bonds. The summed E-state index contributed by atoms with van der Waals surface area (Å²) in [5.41, 5.74) is -0.879.